The van der Waals surface area contributed by atoms with Gasteiger partial charge < -0.3 is 5.11 Å². The van der Waals surface area contributed by atoms with E-state index in [1.54, 1.807) is 24.3 Å². The van der Waals surface area contributed by atoms with Crippen LogP contribution in [-0.4, -0.2) is 11.5 Å². The van der Waals surface area contributed by atoms with Crippen LogP contribution in [-0.2, 0) is 5.60 Å². The van der Waals surface area contributed by atoms with Crippen molar-refractivity contribution in [2.24, 2.45) is 5.92 Å². The van der Waals surface area contributed by atoms with Gasteiger partial charge in [0, 0.05) is 4.47 Å². The quantitative estimate of drug-likeness (QED) is 0.858. The first kappa shape index (κ1) is 14.6. The average molecular weight is 307 g/mol. The highest BCUT2D eigenvalue weighted by Gasteiger charge is 2.39. The second-order valence-corrected chi connectivity index (χ2v) is 5.22. The largest absolute Gasteiger partial charge is 0.385 e. The molecule has 0 aliphatic rings. The smallest absolute Gasteiger partial charge is 0.244 e. The van der Waals surface area contributed by atoms with Crippen LogP contribution in [0.5, 0.6) is 0 Å². The molecule has 2 unspecified atom stereocenters. The Labute approximate surface area is 109 Å². The number of alkyl halides is 2. The minimum absolute atomic E-state index is 0.333. The van der Waals surface area contributed by atoms with Crippen molar-refractivity contribution in [3.05, 3.63) is 34.3 Å². The van der Waals surface area contributed by atoms with Gasteiger partial charge in [-0.3, -0.25) is 0 Å². The van der Waals surface area contributed by atoms with Gasteiger partial charge in [0.15, 0.2) is 0 Å². The van der Waals surface area contributed by atoms with Gasteiger partial charge in [-0.15, -0.1) is 0 Å². The summed E-state index contributed by atoms with van der Waals surface area (Å²) in [6.45, 7) is 3.27. The molecule has 1 N–H and O–H groups in total. The topological polar surface area (TPSA) is 20.2 Å². The fourth-order valence-corrected chi connectivity index (χ4v) is 2.23. The van der Waals surface area contributed by atoms with Crippen LogP contribution in [0.1, 0.15) is 32.3 Å². The monoisotopic (exact) mass is 306 g/mol. The molecule has 0 aromatic heterocycles. The standard InChI is InChI=1S/C13H17BrF2O/c1-3-8-13(17,9(2)12(15)16)10-4-6-11(14)7-5-10/h4-7,9,12,17H,3,8H2,1-2H3. The second-order valence-electron chi connectivity index (χ2n) is 4.30. The third-order valence-electron chi connectivity index (χ3n) is 3.11. The van der Waals surface area contributed by atoms with E-state index in [9.17, 15) is 13.9 Å². The molecule has 0 amide bonds. The number of hydrogen-bond acceptors (Lipinski definition) is 1. The molecule has 1 aromatic rings. The minimum atomic E-state index is -2.53. The van der Waals surface area contributed by atoms with E-state index in [1.807, 2.05) is 6.92 Å². The van der Waals surface area contributed by atoms with E-state index in [4.69, 9.17) is 0 Å². The van der Waals surface area contributed by atoms with Crippen molar-refractivity contribution < 1.29 is 13.9 Å². The van der Waals surface area contributed by atoms with Gasteiger partial charge in [0.25, 0.3) is 0 Å². The molecular formula is C13H17BrF2O. The average Bonchev–Trinajstić information content (AvgIpc) is 2.28. The molecule has 0 spiro atoms. The molecule has 1 aromatic carbocycles. The molecule has 1 rings (SSSR count). The van der Waals surface area contributed by atoms with Crippen molar-refractivity contribution >= 4 is 15.9 Å². The van der Waals surface area contributed by atoms with E-state index in [0.717, 1.165) is 4.47 Å². The SMILES string of the molecule is CCCC(O)(c1ccc(Br)cc1)C(C)C(F)F. The van der Waals surface area contributed by atoms with Crippen molar-refractivity contribution in [2.45, 2.75) is 38.7 Å². The Balaban J connectivity index is 3.10. The molecule has 96 valence electrons. The van der Waals surface area contributed by atoms with Crippen LogP contribution in [0.15, 0.2) is 28.7 Å². The van der Waals surface area contributed by atoms with Crippen LogP contribution in [0.2, 0.25) is 0 Å². The lowest BCUT2D eigenvalue weighted by atomic mass is 9.79. The summed E-state index contributed by atoms with van der Waals surface area (Å²) >= 11 is 3.29. The minimum Gasteiger partial charge on any atom is -0.385 e. The van der Waals surface area contributed by atoms with Crippen LogP contribution in [0.4, 0.5) is 8.78 Å². The lowest BCUT2D eigenvalue weighted by Gasteiger charge is -2.34. The Morgan fingerprint density at radius 1 is 1.29 bits per heavy atom. The fraction of sp³-hybridized carbons (Fsp3) is 0.538. The fourth-order valence-electron chi connectivity index (χ4n) is 1.96. The molecule has 0 aliphatic carbocycles. The summed E-state index contributed by atoms with van der Waals surface area (Å²) in [7, 11) is 0. The highest BCUT2D eigenvalue weighted by molar-refractivity contribution is 9.10. The molecule has 2 atom stereocenters. The van der Waals surface area contributed by atoms with Crippen molar-refractivity contribution in [1.29, 1.82) is 0 Å². The molecule has 0 heterocycles. The maximum atomic E-state index is 12.8. The van der Waals surface area contributed by atoms with Gasteiger partial charge in [-0.2, -0.15) is 0 Å². The van der Waals surface area contributed by atoms with E-state index in [0.29, 0.717) is 18.4 Å². The summed E-state index contributed by atoms with van der Waals surface area (Å²) < 4.78 is 26.6. The zero-order valence-electron chi connectivity index (χ0n) is 9.96. The highest BCUT2D eigenvalue weighted by Crippen LogP contribution is 2.37. The van der Waals surface area contributed by atoms with Gasteiger partial charge in [0.1, 0.15) is 0 Å². The molecule has 17 heavy (non-hydrogen) atoms. The van der Waals surface area contributed by atoms with E-state index in [2.05, 4.69) is 15.9 Å². The molecule has 0 aliphatic heterocycles. The van der Waals surface area contributed by atoms with Crippen LogP contribution < -0.4 is 0 Å². The Morgan fingerprint density at radius 3 is 2.24 bits per heavy atom. The predicted octanol–water partition coefficient (Wildman–Crippen LogP) is 4.34. The van der Waals surface area contributed by atoms with Gasteiger partial charge in [0.2, 0.25) is 6.43 Å². The van der Waals surface area contributed by atoms with Crippen molar-refractivity contribution in [3.8, 4) is 0 Å². The summed E-state index contributed by atoms with van der Waals surface area (Å²) in [6, 6.07) is 6.90. The Bertz CT molecular complexity index is 353. The van der Waals surface area contributed by atoms with Crippen molar-refractivity contribution in [2.75, 3.05) is 0 Å². The lowest BCUT2D eigenvalue weighted by molar-refractivity contribution is -0.0879. The zero-order valence-corrected chi connectivity index (χ0v) is 11.5. The molecule has 0 saturated carbocycles. The van der Waals surface area contributed by atoms with Gasteiger partial charge in [-0.25, -0.2) is 8.78 Å². The van der Waals surface area contributed by atoms with E-state index in [-0.39, 0.29) is 0 Å². The summed E-state index contributed by atoms with van der Waals surface area (Å²) in [4.78, 5) is 0. The number of halogens is 3. The first-order valence-electron chi connectivity index (χ1n) is 5.68. The maximum absolute atomic E-state index is 12.8. The summed E-state index contributed by atoms with van der Waals surface area (Å²) in [6.07, 6.45) is -1.54. The summed E-state index contributed by atoms with van der Waals surface area (Å²) in [5.74, 6) is -1.08. The van der Waals surface area contributed by atoms with E-state index in [1.165, 1.54) is 6.92 Å². The van der Waals surface area contributed by atoms with Crippen LogP contribution in [0.25, 0.3) is 0 Å². The first-order valence-corrected chi connectivity index (χ1v) is 6.47. The second kappa shape index (κ2) is 5.91. The van der Waals surface area contributed by atoms with Gasteiger partial charge in [0.05, 0.1) is 11.5 Å². The van der Waals surface area contributed by atoms with Crippen LogP contribution >= 0.6 is 15.9 Å². The van der Waals surface area contributed by atoms with Gasteiger partial charge >= 0.3 is 0 Å². The predicted molar refractivity (Wildman–Crippen MR) is 68.1 cm³/mol. The molecule has 0 bridgehead atoms. The summed E-state index contributed by atoms with van der Waals surface area (Å²) in [5, 5.41) is 10.5. The van der Waals surface area contributed by atoms with Gasteiger partial charge in [-0.1, -0.05) is 48.3 Å². The number of hydrogen-bond donors (Lipinski definition) is 1. The lowest BCUT2D eigenvalue weighted by Crippen LogP contribution is -2.37. The van der Waals surface area contributed by atoms with E-state index >= 15 is 0 Å². The van der Waals surface area contributed by atoms with Gasteiger partial charge in [-0.05, 0) is 24.1 Å². The Kier molecular flexibility index (Phi) is 5.07. The van der Waals surface area contributed by atoms with Crippen molar-refractivity contribution in [3.63, 3.8) is 0 Å². The van der Waals surface area contributed by atoms with Crippen molar-refractivity contribution in [1.82, 2.24) is 0 Å². The normalized spacial score (nSPS) is 16.9. The Morgan fingerprint density at radius 2 is 1.82 bits per heavy atom. The zero-order chi connectivity index (χ0) is 13.1. The first-order chi connectivity index (χ1) is 7.91. The van der Waals surface area contributed by atoms with Crippen LogP contribution in [0, 0.1) is 5.92 Å². The molecule has 4 heteroatoms. The third kappa shape index (κ3) is 3.26. The molecule has 0 fully saturated rings. The summed E-state index contributed by atoms with van der Waals surface area (Å²) in [5.41, 5.74) is -0.903. The Hall–Kier alpha value is -0.480. The number of aliphatic hydroxyl groups is 1. The van der Waals surface area contributed by atoms with E-state index < -0.39 is 17.9 Å². The molecule has 0 radical (unpaired) electrons. The molecule has 1 nitrogen and oxygen atoms in total. The molecule has 0 saturated heterocycles. The van der Waals surface area contributed by atoms with Crippen LogP contribution in [0.3, 0.4) is 0 Å². The number of rotatable bonds is 5. The third-order valence-corrected chi connectivity index (χ3v) is 3.64. The molecular weight excluding hydrogens is 290 g/mol. The maximum Gasteiger partial charge on any atom is 0.244 e. The number of benzene rings is 1. The highest BCUT2D eigenvalue weighted by atomic mass is 79.9.